The van der Waals surface area contributed by atoms with E-state index in [9.17, 15) is 18.0 Å². The summed E-state index contributed by atoms with van der Waals surface area (Å²) in [5.74, 6) is -0.922. The Bertz CT molecular complexity index is 1010. The third-order valence-electron chi connectivity index (χ3n) is 3.58. The van der Waals surface area contributed by atoms with Crippen molar-refractivity contribution in [3.63, 3.8) is 0 Å². The Morgan fingerprint density at radius 3 is 2.67 bits per heavy atom. The van der Waals surface area contributed by atoms with Crippen molar-refractivity contribution in [3.8, 4) is 6.07 Å². The molecule has 138 valence electrons. The van der Waals surface area contributed by atoms with E-state index in [1.54, 1.807) is 18.3 Å². The van der Waals surface area contributed by atoms with Gasteiger partial charge in [0, 0.05) is 30.7 Å². The number of aryl methyl sites for hydroxylation is 1. The molecule has 3 rings (SSSR count). The molecule has 27 heavy (non-hydrogen) atoms. The lowest BCUT2D eigenvalue weighted by Gasteiger charge is -2.05. The maximum atomic E-state index is 13.0. The smallest absolute Gasteiger partial charge is 0.298 e. The van der Waals surface area contributed by atoms with Crippen LogP contribution in [0.25, 0.3) is 0 Å². The van der Waals surface area contributed by atoms with E-state index < -0.39 is 23.3 Å². The van der Waals surface area contributed by atoms with Crippen molar-refractivity contribution in [3.05, 3.63) is 63.9 Å². The molecule has 0 aliphatic rings. The van der Waals surface area contributed by atoms with E-state index in [0.29, 0.717) is 12.0 Å². The molecule has 10 heteroatoms. The van der Waals surface area contributed by atoms with Gasteiger partial charge < -0.3 is 0 Å². The molecule has 0 radical (unpaired) electrons. The topological polar surface area (TPSA) is 83.6 Å². The number of nitriles is 1. The van der Waals surface area contributed by atoms with Crippen molar-refractivity contribution in [2.24, 2.45) is 7.05 Å². The summed E-state index contributed by atoms with van der Waals surface area (Å²) in [7, 11) is 1.31. The van der Waals surface area contributed by atoms with Crippen LogP contribution in [0.15, 0.2) is 36.7 Å². The number of rotatable bonds is 4. The second kappa shape index (κ2) is 7.20. The van der Waals surface area contributed by atoms with Gasteiger partial charge in [-0.05, 0) is 17.7 Å². The van der Waals surface area contributed by atoms with Crippen LogP contribution in [0.2, 0.25) is 0 Å². The lowest BCUT2D eigenvalue weighted by atomic mass is 10.1. The number of thiazole rings is 1. The Morgan fingerprint density at radius 2 is 2.04 bits per heavy atom. The van der Waals surface area contributed by atoms with Gasteiger partial charge >= 0.3 is 6.18 Å². The highest BCUT2D eigenvalue weighted by Gasteiger charge is 2.39. The van der Waals surface area contributed by atoms with Gasteiger partial charge in [0.15, 0.2) is 10.8 Å². The lowest BCUT2D eigenvalue weighted by Crippen LogP contribution is -2.17. The largest absolute Gasteiger partial charge is 0.435 e. The van der Waals surface area contributed by atoms with Crippen molar-refractivity contribution in [1.82, 2.24) is 14.8 Å². The Labute approximate surface area is 155 Å². The zero-order valence-electron chi connectivity index (χ0n) is 13.9. The van der Waals surface area contributed by atoms with Gasteiger partial charge in [-0.1, -0.05) is 12.1 Å². The normalized spacial score (nSPS) is 11.2. The number of carbonyl (C=O) groups excluding carboxylic acids is 1. The quantitative estimate of drug-likeness (QED) is 0.736. The third kappa shape index (κ3) is 4.32. The van der Waals surface area contributed by atoms with Crippen LogP contribution in [0.3, 0.4) is 0 Å². The first-order valence-electron chi connectivity index (χ1n) is 7.62. The third-order valence-corrected chi connectivity index (χ3v) is 4.49. The predicted octanol–water partition coefficient (Wildman–Crippen LogP) is 3.61. The first kappa shape index (κ1) is 18.6. The molecule has 1 N–H and O–H groups in total. The number of nitrogens with one attached hydrogen (secondary N) is 1. The molecule has 0 saturated heterocycles. The first-order valence-corrected chi connectivity index (χ1v) is 8.44. The average Bonchev–Trinajstić information content (AvgIpc) is 3.22. The fourth-order valence-corrected chi connectivity index (χ4v) is 3.22. The second-order valence-electron chi connectivity index (χ2n) is 5.63. The summed E-state index contributed by atoms with van der Waals surface area (Å²) in [6, 6.07) is 9.04. The molecule has 3 aromatic rings. The number of benzene rings is 1. The lowest BCUT2D eigenvalue weighted by molar-refractivity contribution is -0.141. The van der Waals surface area contributed by atoms with E-state index in [-0.39, 0.29) is 5.13 Å². The molecule has 0 aliphatic heterocycles. The van der Waals surface area contributed by atoms with Gasteiger partial charge in [-0.3, -0.25) is 14.8 Å². The van der Waals surface area contributed by atoms with E-state index in [4.69, 9.17) is 5.26 Å². The standard InChI is InChI=1S/C17H12F3N5OS/c1-25-9-13(14(24-25)17(18,19)20)15(26)23-16-22-8-12(27-16)6-10-2-4-11(7-21)5-3-10/h2-5,8-9H,6H2,1H3,(H,22,23,26). The van der Waals surface area contributed by atoms with Crippen LogP contribution >= 0.6 is 11.3 Å². The van der Waals surface area contributed by atoms with Gasteiger partial charge in [0.05, 0.1) is 17.2 Å². The number of nitrogens with zero attached hydrogens (tertiary/aromatic N) is 4. The average molecular weight is 391 g/mol. The minimum atomic E-state index is -4.72. The molecule has 1 aromatic carbocycles. The van der Waals surface area contributed by atoms with Crippen molar-refractivity contribution in [2.45, 2.75) is 12.6 Å². The molecule has 2 heterocycles. The predicted molar refractivity (Wildman–Crippen MR) is 92.2 cm³/mol. The van der Waals surface area contributed by atoms with Gasteiger partial charge in [0.1, 0.15) is 0 Å². The van der Waals surface area contributed by atoms with Gasteiger partial charge in [-0.25, -0.2) is 4.98 Å². The van der Waals surface area contributed by atoms with Gasteiger partial charge in [-0.15, -0.1) is 11.3 Å². The fourth-order valence-electron chi connectivity index (χ4n) is 2.37. The van der Waals surface area contributed by atoms with E-state index in [1.165, 1.54) is 7.05 Å². The van der Waals surface area contributed by atoms with Gasteiger partial charge in [0.25, 0.3) is 5.91 Å². The zero-order valence-corrected chi connectivity index (χ0v) is 14.7. The van der Waals surface area contributed by atoms with Crippen LogP contribution in [-0.2, 0) is 19.6 Å². The van der Waals surface area contributed by atoms with Crippen LogP contribution in [0.5, 0.6) is 0 Å². The number of halogens is 3. The van der Waals surface area contributed by atoms with Crippen molar-refractivity contribution >= 4 is 22.4 Å². The van der Waals surface area contributed by atoms with Gasteiger partial charge in [-0.2, -0.15) is 23.5 Å². The molecule has 0 bridgehead atoms. The molecule has 0 spiro atoms. The molecule has 0 fully saturated rings. The molecule has 0 saturated carbocycles. The van der Waals surface area contributed by atoms with Crippen LogP contribution in [-0.4, -0.2) is 20.7 Å². The van der Waals surface area contributed by atoms with E-state index in [0.717, 1.165) is 32.7 Å². The van der Waals surface area contributed by atoms with Crippen molar-refractivity contribution < 1.29 is 18.0 Å². The molecule has 0 atom stereocenters. The Balaban J connectivity index is 1.72. The maximum Gasteiger partial charge on any atom is 0.435 e. The molecular weight excluding hydrogens is 379 g/mol. The van der Waals surface area contributed by atoms with Crippen LogP contribution in [0, 0.1) is 11.3 Å². The van der Waals surface area contributed by atoms with Crippen LogP contribution in [0.4, 0.5) is 18.3 Å². The van der Waals surface area contributed by atoms with Crippen molar-refractivity contribution in [2.75, 3.05) is 5.32 Å². The first-order chi connectivity index (χ1) is 12.8. The summed E-state index contributed by atoms with van der Waals surface area (Å²) in [5, 5.41) is 14.7. The number of hydrogen-bond acceptors (Lipinski definition) is 5. The highest BCUT2D eigenvalue weighted by molar-refractivity contribution is 7.15. The monoisotopic (exact) mass is 391 g/mol. The maximum absolute atomic E-state index is 13.0. The second-order valence-corrected chi connectivity index (χ2v) is 6.75. The number of amides is 1. The highest BCUT2D eigenvalue weighted by atomic mass is 32.1. The van der Waals surface area contributed by atoms with Crippen LogP contribution in [0.1, 0.15) is 32.1 Å². The highest BCUT2D eigenvalue weighted by Crippen LogP contribution is 2.31. The van der Waals surface area contributed by atoms with E-state index in [1.807, 2.05) is 18.2 Å². The number of alkyl halides is 3. The van der Waals surface area contributed by atoms with Crippen LogP contribution < -0.4 is 5.32 Å². The van der Waals surface area contributed by atoms with E-state index in [2.05, 4.69) is 15.4 Å². The fraction of sp³-hybridized carbons (Fsp3) is 0.176. The number of carbonyl (C=O) groups is 1. The summed E-state index contributed by atoms with van der Waals surface area (Å²) >= 11 is 1.16. The molecule has 0 unspecified atom stereocenters. The van der Waals surface area contributed by atoms with Crippen molar-refractivity contribution in [1.29, 1.82) is 5.26 Å². The SMILES string of the molecule is Cn1cc(C(=O)Nc2ncc(Cc3ccc(C#N)cc3)s2)c(C(F)(F)F)n1. The minimum Gasteiger partial charge on any atom is -0.298 e. The summed E-state index contributed by atoms with van der Waals surface area (Å²) in [4.78, 5) is 17.1. The Hall–Kier alpha value is -3.19. The molecular formula is C17H12F3N5OS. The number of anilines is 1. The molecule has 0 aliphatic carbocycles. The zero-order chi connectivity index (χ0) is 19.6. The number of hydrogen-bond donors (Lipinski definition) is 1. The Morgan fingerprint density at radius 1 is 1.33 bits per heavy atom. The number of aromatic nitrogens is 3. The minimum absolute atomic E-state index is 0.195. The summed E-state index contributed by atoms with van der Waals surface area (Å²) in [6.45, 7) is 0. The molecule has 6 nitrogen and oxygen atoms in total. The Kier molecular flexibility index (Phi) is 4.96. The molecule has 2 aromatic heterocycles. The molecule has 1 amide bonds. The summed E-state index contributed by atoms with van der Waals surface area (Å²) in [6.07, 6.45) is -1.63. The van der Waals surface area contributed by atoms with E-state index >= 15 is 0 Å². The summed E-state index contributed by atoms with van der Waals surface area (Å²) < 4.78 is 39.9. The summed E-state index contributed by atoms with van der Waals surface area (Å²) in [5.41, 5.74) is -0.305. The van der Waals surface area contributed by atoms with Gasteiger partial charge in [0.2, 0.25) is 0 Å².